The Hall–Kier alpha value is -3.27. The first-order valence-electron chi connectivity index (χ1n) is 11.1. The number of anilines is 2. The van der Waals surface area contributed by atoms with Gasteiger partial charge in [-0.15, -0.1) is 0 Å². The molecule has 1 aromatic carbocycles. The summed E-state index contributed by atoms with van der Waals surface area (Å²) in [7, 11) is 0. The summed E-state index contributed by atoms with van der Waals surface area (Å²) in [6, 6.07) is 11.4. The number of nitrogens with zero attached hydrogens (tertiary/aromatic N) is 4. The Morgan fingerprint density at radius 3 is 2.82 bits per heavy atom. The van der Waals surface area contributed by atoms with E-state index in [0.717, 1.165) is 21.9 Å². The third-order valence-electron chi connectivity index (χ3n) is 7.34. The average molecular weight is 447 g/mol. The molecule has 6 rings (SSSR count). The highest BCUT2D eigenvalue weighted by Gasteiger charge is 2.57. The van der Waals surface area contributed by atoms with Crippen LogP contribution in [0.15, 0.2) is 48.9 Å². The van der Waals surface area contributed by atoms with E-state index in [1.165, 1.54) is 6.33 Å². The first-order valence-corrected chi connectivity index (χ1v) is 11.1. The van der Waals surface area contributed by atoms with Gasteiger partial charge in [0.1, 0.15) is 29.7 Å². The molecule has 1 aliphatic heterocycles. The molecule has 4 heterocycles. The van der Waals surface area contributed by atoms with E-state index in [-0.39, 0.29) is 12.1 Å². The zero-order valence-corrected chi connectivity index (χ0v) is 18.0. The smallest absolute Gasteiger partial charge is 0.145 e. The third kappa shape index (κ3) is 3.23. The molecule has 5 atom stereocenters. The second-order valence-corrected chi connectivity index (χ2v) is 9.39. The van der Waals surface area contributed by atoms with Crippen molar-refractivity contribution in [3.05, 3.63) is 54.5 Å². The fourth-order valence-corrected chi connectivity index (χ4v) is 5.65. The predicted molar refractivity (Wildman–Crippen MR) is 124 cm³/mol. The van der Waals surface area contributed by atoms with E-state index in [0.29, 0.717) is 43.2 Å². The highest BCUT2D eigenvalue weighted by Crippen LogP contribution is 2.52. The van der Waals surface area contributed by atoms with Gasteiger partial charge in [-0.3, -0.25) is 0 Å². The molecule has 0 bridgehead atoms. The molecule has 1 aliphatic carbocycles. The first-order chi connectivity index (χ1) is 15.9. The zero-order valence-electron chi connectivity index (χ0n) is 18.0. The number of rotatable bonds is 3. The summed E-state index contributed by atoms with van der Waals surface area (Å²) in [6.07, 6.45) is 3.38. The maximum Gasteiger partial charge on any atom is 0.145 e. The van der Waals surface area contributed by atoms with Crippen LogP contribution in [0.3, 0.4) is 0 Å². The van der Waals surface area contributed by atoms with Crippen LogP contribution in [0.25, 0.3) is 21.9 Å². The van der Waals surface area contributed by atoms with Crippen molar-refractivity contribution < 1.29 is 14.9 Å². The van der Waals surface area contributed by atoms with E-state index in [4.69, 9.17) is 16.2 Å². The number of aliphatic hydroxyl groups excluding tert-OH is 2. The van der Waals surface area contributed by atoms with Crippen molar-refractivity contribution in [3.8, 4) is 0 Å². The van der Waals surface area contributed by atoms with E-state index >= 15 is 0 Å². The molecule has 4 aromatic rings. The Labute approximate surface area is 190 Å². The zero-order chi connectivity index (χ0) is 22.7. The highest BCUT2D eigenvalue weighted by atomic mass is 16.5. The quantitative estimate of drug-likeness (QED) is 0.373. The highest BCUT2D eigenvalue weighted by molar-refractivity contribution is 5.86. The van der Waals surface area contributed by atoms with Crippen LogP contribution in [0, 0.1) is 5.41 Å². The van der Waals surface area contributed by atoms with Crippen LogP contribution in [-0.4, -0.2) is 54.7 Å². The first kappa shape index (κ1) is 20.3. The summed E-state index contributed by atoms with van der Waals surface area (Å²) >= 11 is 0. The van der Waals surface area contributed by atoms with Gasteiger partial charge < -0.3 is 31.0 Å². The van der Waals surface area contributed by atoms with Gasteiger partial charge in [-0.05, 0) is 49.1 Å². The molecule has 0 unspecified atom stereocenters. The summed E-state index contributed by atoms with van der Waals surface area (Å²) in [5, 5.41) is 23.8. The molecule has 170 valence electrons. The average Bonchev–Trinajstić information content (AvgIpc) is 3.47. The van der Waals surface area contributed by atoms with Crippen molar-refractivity contribution in [2.75, 3.05) is 18.1 Å². The van der Waals surface area contributed by atoms with Crippen molar-refractivity contribution in [1.82, 2.24) is 19.5 Å². The van der Waals surface area contributed by atoms with Gasteiger partial charge in [-0.1, -0.05) is 12.1 Å². The molecule has 6 N–H and O–H groups in total. The van der Waals surface area contributed by atoms with Crippen molar-refractivity contribution in [2.24, 2.45) is 5.41 Å². The Morgan fingerprint density at radius 1 is 1.09 bits per heavy atom. The SMILES string of the molecule is Nc1ccc2ccc(C[C@H]3C[C@@]4(CO3)C[C@@H](n3ccc5c(N)ncnc53)[C@H](O)[C@@H]4O)cc2n1. The van der Waals surface area contributed by atoms with Crippen molar-refractivity contribution in [1.29, 1.82) is 0 Å². The molecular formula is C24H26N6O3. The number of aliphatic hydroxyl groups is 2. The summed E-state index contributed by atoms with van der Waals surface area (Å²) in [5.41, 5.74) is 13.9. The lowest BCUT2D eigenvalue weighted by Gasteiger charge is -2.26. The molecule has 3 aromatic heterocycles. The van der Waals surface area contributed by atoms with Gasteiger partial charge in [0.15, 0.2) is 0 Å². The molecular weight excluding hydrogens is 420 g/mol. The number of nitrogens with two attached hydrogens (primary N) is 2. The van der Waals surface area contributed by atoms with Crippen LogP contribution in [-0.2, 0) is 11.2 Å². The summed E-state index contributed by atoms with van der Waals surface area (Å²) in [4.78, 5) is 12.8. The van der Waals surface area contributed by atoms with E-state index in [1.54, 1.807) is 6.07 Å². The summed E-state index contributed by atoms with van der Waals surface area (Å²) in [6.45, 7) is 0.404. The van der Waals surface area contributed by atoms with Crippen LogP contribution in [0.1, 0.15) is 24.4 Å². The predicted octanol–water partition coefficient (Wildman–Crippen LogP) is 1.83. The van der Waals surface area contributed by atoms with Crippen LogP contribution in [0.5, 0.6) is 0 Å². The Kier molecular flexibility index (Phi) is 4.55. The van der Waals surface area contributed by atoms with Crippen LogP contribution in [0.2, 0.25) is 0 Å². The van der Waals surface area contributed by atoms with Gasteiger partial charge in [0.2, 0.25) is 0 Å². The Morgan fingerprint density at radius 2 is 1.94 bits per heavy atom. The number of hydrogen-bond acceptors (Lipinski definition) is 8. The molecule has 2 fully saturated rings. The minimum atomic E-state index is -0.924. The normalized spacial score (nSPS) is 29.5. The molecule has 1 saturated heterocycles. The standard InChI is InChI=1S/C24H26N6O3/c25-19-4-3-14-2-1-13(8-17(14)29-19)7-15-9-24(11-33-15)10-18(20(31)21(24)32)30-6-5-16-22(26)27-12-28-23(16)30/h1-6,8,12,15,18,20-21,31-32H,7,9-11H2,(H2,25,29)(H2,26,27,28)/t15-,18+,20-,21-,24-/m0/s1. The molecule has 1 spiro atoms. The number of hydrogen-bond donors (Lipinski definition) is 4. The van der Waals surface area contributed by atoms with E-state index in [9.17, 15) is 10.2 Å². The van der Waals surface area contributed by atoms with Gasteiger partial charge >= 0.3 is 0 Å². The maximum absolute atomic E-state index is 11.1. The van der Waals surface area contributed by atoms with Gasteiger partial charge in [0, 0.05) is 17.0 Å². The van der Waals surface area contributed by atoms with E-state index in [2.05, 4.69) is 21.0 Å². The van der Waals surface area contributed by atoms with Crippen LogP contribution in [0.4, 0.5) is 11.6 Å². The molecule has 9 nitrogen and oxygen atoms in total. The van der Waals surface area contributed by atoms with E-state index in [1.807, 2.05) is 35.0 Å². The topological polar surface area (TPSA) is 145 Å². The lowest BCUT2D eigenvalue weighted by molar-refractivity contribution is -0.0308. The number of aromatic nitrogens is 4. The number of nitrogen functional groups attached to an aromatic ring is 2. The summed E-state index contributed by atoms with van der Waals surface area (Å²) < 4.78 is 8.06. The maximum atomic E-state index is 11.1. The third-order valence-corrected chi connectivity index (χ3v) is 7.34. The minimum Gasteiger partial charge on any atom is -0.390 e. The number of pyridine rings is 1. The largest absolute Gasteiger partial charge is 0.390 e. The molecule has 0 radical (unpaired) electrons. The molecule has 0 amide bonds. The molecule has 33 heavy (non-hydrogen) atoms. The minimum absolute atomic E-state index is 0.0523. The lowest BCUT2D eigenvalue weighted by atomic mass is 9.80. The number of benzene rings is 1. The van der Waals surface area contributed by atoms with Crippen molar-refractivity contribution in [3.63, 3.8) is 0 Å². The Bertz CT molecular complexity index is 1360. The van der Waals surface area contributed by atoms with Gasteiger partial charge in [-0.25, -0.2) is 15.0 Å². The lowest BCUT2D eigenvalue weighted by Crippen LogP contribution is -2.37. The van der Waals surface area contributed by atoms with Crippen LogP contribution >= 0.6 is 0 Å². The second-order valence-electron chi connectivity index (χ2n) is 9.39. The molecule has 1 saturated carbocycles. The molecule has 2 aliphatic rings. The van der Waals surface area contributed by atoms with Crippen molar-refractivity contribution >= 4 is 33.6 Å². The van der Waals surface area contributed by atoms with Crippen molar-refractivity contribution in [2.45, 2.75) is 43.6 Å². The number of fused-ring (bicyclic) bond motifs is 2. The molecule has 9 heteroatoms. The van der Waals surface area contributed by atoms with Gasteiger partial charge in [-0.2, -0.15) is 0 Å². The number of ether oxygens (including phenoxy) is 1. The fourth-order valence-electron chi connectivity index (χ4n) is 5.65. The van der Waals surface area contributed by atoms with E-state index < -0.39 is 17.6 Å². The monoisotopic (exact) mass is 446 g/mol. The fraction of sp³-hybridized carbons (Fsp3) is 0.375. The summed E-state index contributed by atoms with van der Waals surface area (Å²) in [5.74, 6) is 0.895. The van der Waals surface area contributed by atoms with Crippen LogP contribution < -0.4 is 11.5 Å². The second kappa shape index (κ2) is 7.38. The van der Waals surface area contributed by atoms with Gasteiger partial charge in [0.05, 0.1) is 35.8 Å². The van der Waals surface area contributed by atoms with Gasteiger partial charge in [0.25, 0.3) is 0 Å². The Balaban J connectivity index is 1.23.